The SMILES string of the molecule is CC(NS(=O)(=O)c1ccc2c(c1)c(=O)n(C)c(=O)n2C)c1nncn1C. The first-order valence-electron chi connectivity index (χ1n) is 7.69. The van der Waals surface area contributed by atoms with Gasteiger partial charge in [-0.15, -0.1) is 10.2 Å². The van der Waals surface area contributed by atoms with Crippen molar-refractivity contribution in [3.63, 3.8) is 0 Å². The first-order valence-corrected chi connectivity index (χ1v) is 9.18. The minimum Gasteiger partial charge on any atom is -0.319 e. The van der Waals surface area contributed by atoms with Crippen molar-refractivity contribution in [1.29, 1.82) is 0 Å². The van der Waals surface area contributed by atoms with Crippen molar-refractivity contribution >= 4 is 20.9 Å². The summed E-state index contributed by atoms with van der Waals surface area (Å²) in [6.07, 6.45) is 1.47. The van der Waals surface area contributed by atoms with Crippen LogP contribution in [0.3, 0.4) is 0 Å². The number of hydrogen-bond donors (Lipinski definition) is 1. The largest absolute Gasteiger partial charge is 0.330 e. The molecule has 0 radical (unpaired) electrons. The van der Waals surface area contributed by atoms with E-state index in [4.69, 9.17) is 0 Å². The van der Waals surface area contributed by atoms with Gasteiger partial charge in [0.05, 0.1) is 21.8 Å². The number of aromatic nitrogens is 5. The molecule has 0 bridgehead atoms. The molecule has 1 N–H and O–H groups in total. The molecule has 26 heavy (non-hydrogen) atoms. The minimum atomic E-state index is -3.91. The third-order valence-electron chi connectivity index (χ3n) is 4.21. The molecule has 3 aromatic rings. The molecule has 138 valence electrons. The maximum Gasteiger partial charge on any atom is 0.330 e. The third-order valence-corrected chi connectivity index (χ3v) is 5.75. The van der Waals surface area contributed by atoms with E-state index in [-0.39, 0.29) is 10.3 Å². The van der Waals surface area contributed by atoms with Gasteiger partial charge in [0.1, 0.15) is 12.2 Å². The van der Waals surface area contributed by atoms with Gasteiger partial charge in [-0.1, -0.05) is 0 Å². The Labute approximate surface area is 148 Å². The van der Waals surface area contributed by atoms with Gasteiger partial charge in [0.2, 0.25) is 10.0 Å². The van der Waals surface area contributed by atoms with Crippen LogP contribution in [0.1, 0.15) is 18.8 Å². The van der Waals surface area contributed by atoms with Crippen molar-refractivity contribution in [2.75, 3.05) is 0 Å². The van der Waals surface area contributed by atoms with Crippen LogP contribution in [0.2, 0.25) is 0 Å². The Morgan fingerprint density at radius 3 is 2.42 bits per heavy atom. The van der Waals surface area contributed by atoms with Crippen molar-refractivity contribution in [2.24, 2.45) is 21.1 Å². The molecule has 3 rings (SSSR count). The molecule has 0 aliphatic rings. The second-order valence-electron chi connectivity index (χ2n) is 6.03. The van der Waals surface area contributed by atoms with Crippen molar-refractivity contribution in [1.82, 2.24) is 28.6 Å². The van der Waals surface area contributed by atoms with E-state index in [1.54, 1.807) is 18.5 Å². The van der Waals surface area contributed by atoms with Crippen LogP contribution in [-0.2, 0) is 31.2 Å². The van der Waals surface area contributed by atoms with Crippen LogP contribution in [0, 0.1) is 0 Å². The highest BCUT2D eigenvalue weighted by Crippen LogP contribution is 2.18. The predicted octanol–water partition coefficient (Wildman–Crippen LogP) is -0.595. The summed E-state index contributed by atoms with van der Waals surface area (Å²) in [6.45, 7) is 1.64. The molecule has 0 aliphatic heterocycles. The summed E-state index contributed by atoms with van der Waals surface area (Å²) in [5, 5.41) is 7.75. The number of nitrogens with zero attached hydrogens (tertiary/aromatic N) is 5. The van der Waals surface area contributed by atoms with Crippen molar-refractivity contribution in [3.8, 4) is 0 Å². The van der Waals surface area contributed by atoms with E-state index in [0.717, 1.165) is 4.57 Å². The molecular formula is C15H18N6O4S. The van der Waals surface area contributed by atoms with E-state index in [1.165, 1.54) is 43.2 Å². The van der Waals surface area contributed by atoms with E-state index in [0.29, 0.717) is 11.3 Å². The average molecular weight is 378 g/mol. The Morgan fingerprint density at radius 2 is 1.81 bits per heavy atom. The van der Waals surface area contributed by atoms with Gasteiger partial charge in [-0.3, -0.25) is 13.9 Å². The smallest absolute Gasteiger partial charge is 0.319 e. The number of rotatable bonds is 4. The Kier molecular flexibility index (Phi) is 4.28. The first-order chi connectivity index (χ1) is 12.1. The summed E-state index contributed by atoms with van der Waals surface area (Å²) in [6, 6.07) is 3.45. The molecule has 0 amide bonds. The molecule has 1 atom stereocenters. The Balaban J connectivity index is 2.09. The summed E-state index contributed by atoms with van der Waals surface area (Å²) >= 11 is 0. The number of nitrogens with one attached hydrogen (secondary N) is 1. The maximum absolute atomic E-state index is 12.7. The summed E-state index contributed by atoms with van der Waals surface area (Å²) in [5.74, 6) is 0.452. The lowest BCUT2D eigenvalue weighted by atomic mass is 10.2. The van der Waals surface area contributed by atoms with Gasteiger partial charge in [-0.05, 0) is 25.1 Å². The molecule has 1 aromatic carbocycles. The minimum absolute atomic E-state index is 0.0743. The molecule has 0 saturated carbocycles. The topological polar surface area (TPSA) is 121 Å². The summed E-state index contributed by atoms with van der Waals surface area (Å²) in [4.78, 5) is 24.2. The molecule has 0 spiro atoms. The molecule has 0 fully saturated rings. The summed E-state index contributed by atoms with van der Waals surface area (Å²) in [7, 11) is 0.663. The molecule has 11 heteroatoms. The van der Waals surface area contributed by atoms with Crippen LogP contribution in [0.25, 0.3) is 10.9 Å². The number of sulfonamides is 1. The zero-order valence-electron chi connectivity index (χ0n) is 14.7. The summed E-state index contributed by atoms with van der Waals surface area (Å²) in [5.41, 5.74) is -0.674. The zero-order valence-corrected chi connectivity index (χ0v) is 15.5. The molecule has 0 saturated heterocycles. The highest BCUT2D eigenvalue weighted by atomic mass is 32.2. The lowest BCUT2D eigenvalue weighted by Gasteiger charge is -2.14. The van der Waals surface area contributed by atoms with Crippen LogP contribution < -0.4 is 16.0 Å². The Hall–Kier alpha value is -2.79. The van der Waals surface area contributed by atoms with Crippen molar-refractivity contribution in [3.05, 3.63) is 51.2 Å². The van der Waals surface area contributed by atoms with E-state index in [2.05, 4.69) is 14.9 Å². The fourth-order valence-electron chi connectivity index (χ4n) is 2.78. The quantitative estimate of drug-likeness (QED) is 0.647. The van der Waals surface area contributed by atoms with E-state index < -0.39 is 27.3 Å². The fraction of sp³-hybridized carbons (Fsp3) is 0.333. The lowest BCUT2D eigenvalue weighted by molar-refractivity contribution is 0.553. The van der Waals surface area contributed by atoms with Gasteiger partial charge >= 0.3 is 5.69 Å². The Bertz CT molecular complexity index is 1220. The van der Waals surface area contributed by atoms with E-state index in [1.807, 2.05) is 0 Å². The molecule has 0 aliphatic carbocycles. The predicted molar refractivity (Wildman–Crippen MR) is 94.2 cm³/mol. The highest BCUT2D eigenvalue weighted by Gasteiger charge is 2.22. The second kappa shape index (κ2) is 6.18. The summed E-state index contributed by atoms with van der Waals surface area (Å²) < 4.78 is 31.7. The van der Waals surface area contributed by atoms with E-state index >= 15 is 0 Å². The number of benzene rings is 1. The standard InChI is InChI=1S/C15H18N6O4S/c1-9(13-17-16-8-19(13)2)18-26(24,25)10-5-6-12-11(7-10)14(22)21(4)15(23)20(12)3/h5-9,18H,1-4H3. The second-order valence-corrected chi connectivity index (χ2v) is 7.74. The van der Waals surface area contributed by atoms with Gasteiger partial charge in [0, 0.05) is 21.1 Å². The van der Waals surface area contributed by atoms with Crippen molar-refractivity contribution in [2.45, 2.75) is 17.9 Å². The van der Waals surface area contributed by atoms with Gasteiger partial charge < -0.3 is 4.57 Å². The molecule has 2 aromatic heterocycles. The number of aryl methyl sites for hydroxylation is 2. The fourth-order valence-corrected chi connectivity index (χ4v) is 4.01. The van der Waals surface area contributed by atoms with Gasteiger partial charge in [-0.25, -0.2) is 17.9 Å². The lowest BCUT2D eigenvalue weighted by Crippen LogP contribution is -2.37. The van der Waals surface area contributed by atoms with Crippen LogP contribution in [0.5, 0.6) is 0 Å². The van der Waals surface area contributed by atoms with Gasteiger partial charge in [-0.2, -0.15) is 0 Å². The number of hydrogen-bond acceptors (Lipinski definition) is 6. The van der Waals surface area contributed by atoms with Crippen LogP contribution in [-0.4, -0.2) is 32.3 Å². The third kappa shape index (κ3) is 2.84. The first kappa shape index (κ1) is 18.0. The average Bonchev–Trinajstić information content (AvgIpc) is 3.03. The van der Waals surface area contributed by atoms with Crippen molar-refractivity contribution < 1.29 is 8.42 Å². The van der Waals surface area contributed by atoms with E-state index in [9.17, 15) is 18.0 Å². The monoisotopic (exact) mass is 378 g/mol. The van der Waals surface area contributed by atoms with Crippen LogP contribution in [0.4, 0.5) is 0 Å². The van der Waals surface area contributed by atoms with Gasteiger partial charge in [0.25, 0.3) is 5.56 Å². The zero-order chi connectivity index (χ0) is 19.2. The molecule has 2 heterocycles. The maximum atomic E-state index is 12.7. The molecular weight excluding hydrogens is 360 g/mol. The van der Waals surface area contributed by atoms with Crippen LogP contribution >= 0.6 is 0 Å². The van der Waals surface area contributed by atoms with Gasteiger partial charge in [0.15, 0.2) is 0 Å². The highest BCUT2D eigenvalue weighted by molar-refractivity contribution is 7.89. The normalized spacial score (nSPS) is 13.2. The number of fused-ring (bicyclic) bond motifs is 1. The Morgan fingerprint density at radius 1 is 1.12 bits per heavy atom. The molecule has 1 unspecified atom stereocenters. The molecule has 10 nitrogen and oxygen atoms in total. The van der Waals surface area contributed by atoms with Crippen LogP contribution in [0.15, 0.2) is 39.0 Å².